The number of likely N-dealkylation sites (N-methyl/N-ethyl adjacent to an activating group) is 1. The third kappa shape index (κ3) is 5.64. The molecule has 2 amide bonds. The highest BCUT2D eigenvalue weighted by Gasteiger charge is 2.01. The first-order valence-electron chi connectivity index (χ1n) is 7.51. The van der Waals surface area contributed by atoms with Crippen LogP contribution in [-0.2, 0) is 16.1 Å². The Hall–Kier alpha value is -3.02. The fourth-order valence-electron chi connectivity index (χ4n) is 1.87. The minimum Gasteiger partial charge on any atom is -0.484 e. The van der Waals surface area contributed by atoms with Crippen molar-refractivity contribution in [2.24, 2.45) is 0 Å². The Morgan fingerprint density at radius 3 is 2.54 bits per heavy atom. The van der Waals surface area contributed by atoms with E-state index in [2.05, 4.69) is 10.6 Å². The zero-order valence-electron chi connectivity index (χ0n) is 13.7. The van der Waals surface area contributed by atoms with Crippen molar-refractivity contribution in [2.75, 3.05) is 13.7 Å². The molecule has 0 atom stereocenters. The fourth-order valence-corrected chi connectivity index (χ4v) is 1.87. The van der Waals surface area contributed by atoms with Gasteiger partial charge in [0.1, 0.15) is 17.3 Å². The van der Waals surface area contributed by atoms with Crippen LogP contribution in [0.3, 0.4) is 0 Å². The Labute approximate surface area is 140 Å². The summed E-state index contributed by atoms with van der Waals surface area (Å²) in [6.07, 6.45) is 3.05. The molecule has 126 valence electrons. The van der Waals surface area contributed by atoms with Gasteiger partial charge in [0.2, 0.25) is 5.91 Å². The van der Waals surface area contributed by atoms with Crippen molar-refractivity contribution in [2.45, 2.75) is 13.5 Å². The van der Waals surface area contributed by atoms with E-state index in [1.165, 1.54) is 6.08 Å². The molecule has 1 aromatic heterocycles. The fraction of sp³-hybridized carbons (Fsp3) is 0.222. The van der Waals surface area contributed by atoms with Gasteiger partial charge < -0.3 is 19.8 Å². The first kappa shape index (κ1) is 17.3. The normalized spacial score (nSPS) is 10.6. The van der Waals surface area contributed by atoms with E-state index < -0.39 is 0 Å². The van der Waals surface area contributed by atoms with Crippen molar-refractivity contribution in [3.8, 4) is 5.75 Å². The highest BCUT2D eigenvalue weighted by atomic mass is 16.5. The van der Waals surface area contributed by atoms with Crippen molar-refractivity contribution >= 4 is 17.9 Å². The molecule has 0 spiro atoms. The third-order valence-corrected chi connectivity index (χ3v) is 3.20. The van der Waals surface area contributed by atoms with Crippen LogP contribution in [0.15, 0.2) is 46.9 Å². The van der Waals surface area contributed by atoms with Gasteiger partial charge in [0.25, 0.3) is 5.91 Å². The molecule has 2 rings (SSSR count). The molecule has 0 aliphatic heterocycles. The van der Waals surface area contributed by atoms with Gasteiger partial charge in [-0.2, -0.15) is 0 Å². The van der Waals surface area contributed by atoms with E-state index in [9.17, 15) is 9.59 Å². The molecule has 0 bridgehead atoms. The molecule has 6 nitrogen and oxygen atoms in total. The summed E-state index contributed by atoms with van der Waals surface area (Å²) in [5.41, 5.74) is 0.929. The van der Waals surface area contributed by atoms with Crippen LogP contribution in [0.5, 0.6) is 5.75 Å². The highest BCUT2D eigenvalue weighted by Crippen LogP contribution is 2.12. The number of nitrogens with one attached hydrogen (secondary N) is 2. The lowest BCUT2D eigenvalue weighted by molar-refractivity contribution is -0.122. The van der Waals surface area contributed by atoms with Crippen molar-refractivity contribution in [3.63, 3.8) is 0 Å². The van der Waals surface area contributed by atoms with Crippen LogP contribution < -0.4 is 15.4 Å². The van der Waals surface area contributed by atoms with Crippen LogP contribution in [0.4, 0.5) is 0 Å². The number of hydrogen-bond donors (Lipinski definition) is 2. The maximum absolute atomic E-state index is 11.8. The number of carbonyl (C=O) groups is 2. The van der Waals surface area contributed by atoms with E-state index in [1.54, 1.807) is 31.3 Å². The Bertz CT molecular complexity index is 717. The molecular formula is C18H20N2O4. The van der Waals surface area contributed by atoms with Crippen molar-refractivity contribution < 1.29 is 18.7 Å². The smallest absolute Gasteiger partial charge is 0.257 e. The predicted octanol–water partition coefficient (Wildman–Crippen LogP) is 2.04. The second kappa shape index (κ2) is 8.57. The second-order valence-electron chi connectivity index (χ2n) is 5.11. The first-order chi connectivity index (χ1) is 11.6. The van der Waals surface area contributed by atoms with Gasteiger partial charge in [0.15, 0.2) is 6.61 Å². The SMILES string of the molecule is CNC(=O)COc1ccc(CNC(=O)C=Cc2ccc(C)o2)cc1. The molecule has 0 unspecified atom stereocenters. The number of aryl methyl sites for hydroxylation is 1. The molecule has 0 fully saturated rings. The van der Waals surface area contributed by atoms with Gasteiger partial charge >= 0.3 is 0 Å². The molecule has 0 aliphatic carbocycles. The summed E-state index contributed by atoms with van der Waals surface area (Å²) in [5.74, 6) is 1.64. The summed E-state index contributed by atoms with van der Waals surface area (Å²) in [7, 11) is 1.55. The van der Waals surface area contributed by atoms with Crippen LogP contribution in [0.1, 0.15) is 17.1 Å². The number of rotatable bonds is 7. The van der Waals surface area contributed by atoms with Crippen molar-refractivity contribution in [1.29, 1.82) is 0 Å². The lowest BCUT2D eigenvalue weighted by Crippen LogP contribution is -2.24. The largest absolute Gasteiger partial charge is 0.484 e. The number of carbonyl (C=O) groups excluding carboxylic acids is 2. The minimum absolute atomic E-state index is 0.0242. The predicted molar refractivity (Wildman–Crippen MR) is 90.3 cm³/mol. The van der Waals surface area contributed by atoms with E-state index in [-0.39, 0.29) is 18.4 Å². The molecule has 0 aliphatic rings. The Morgan fingerprint density at radius 2 is 1.92 bits per heavy atom. The number of ether oxygens (including phenoxy) is 1. The lowest BCUT2D eigenvalue weighted by atomic mass is 10.2. The zero-order chi connectivity index (χ0) is 17.4. The zero-order valence-corrected chi connectivity index (χ0v) is 13.7. The monoisotopic (exact) mass is 328 g/mol. The third-order valence-electron chi connectivity index (χ3n) is 3.20. The van der Waals surface area contributed by atoms with Gasteiger partial charge in [-0.15, -0.1) is 0 Å². The number of furan rings is 1. The van der Waals surface area contributed by atoms with Gasteiger partial charge in [-0.25, -0.2) is 0 Å². The van der Waals surface area contributed by atoms with E-state index in [1.807, 2.05) is 25.1 Å². The molecule has 0 saturated carbocycles. The molecule has 2 aromatic rings. The topological polar surface area (TPSA) is 80.6 Å². The van der Waals surface area contributed by atoms with Crippen LogP contribution in [-0.4, -0.2) is 25.5 Å². The van der Waals surface area contributed by atoms with Crippen LogP contribution >= 0.6 is 0 Å². The lowest BCUT2D eigenvalue weighted by Gasteiger charge is -2.07. The van der Waals surface area contributed by atoms with E-state index in [0.29, 0.717) is 18.1 Å². The molecular weight excluding hydrogens is 308 g/mol. The van der Waals surface area contributed by atoms with Gasteiger partial charge in [-0.05, 0) is 42.8 Å². The molecule has 0 radical (unpaired) electrons. The summed E-state index contributed by atoms with van der Waals surface area (Å²) < 4.78 is 10.7. The molecule has 1 aromatic carbocycles. The van der Waals surface area contributed by atoms with Crippen LogP contribution in [0, 0.1) is 6.92 Å². The minimum atomic E-state index is -0.205. The standard InChI is InChI=1S/C18H20N2O4/c1-13-3-6-16(24-13)9-10-17(21)20-11-14-4-7-15(8-5-14)23-12-18(22)19-2/h3-10H,11-12H2,1-2H3,(H,19,22)(H,20,21). The maximum Gasteiger partial charge on any atom is 0.257 e. The summed E-state index contributed by atoms with van der Waals surface area (Å²) >= 11 is 0. The first-order valence-corrected chi connectivity index (χ1v) is 7.51. The van der Waals surface area contributed by atoms with Gasteiger partial charge in [-0.3, -0.25) is 9.59 Å². The summed E-state index contributed by atoms with van der Waals surface area (Å²) in [5, 5.41) is 5.26. The van der Waals surface area contributed by atoms with Gasteiger partial charge in [-0.1, -0.05) is 12.1 Å². The van der Waals surface area contributed by atoms with Crippen molar-refractivity contribution in [1.82, 2.24) is 10.6 Å². The van der Waals surface area contributed by atoms with Crippen molar-refractivity contribution in [3.05, 3.63) is 59.6 Å². The Balaban J connectivity index is 1.78. The van der Waals surface area contributed by atoms with Gasteiger partial charge in [0, 0.05) is 19.7 Å². The summed E-state index contributed by atoms with van der Waals surface area (Å²) in [6, 6.07) is 10.8. The second-order valence-corrected chi connectivity index (χ2v) is 5.11. The number of benzene rings is 1. The molecule has 6 heteroatoms. The summed E-state index contributed by atoms with van der Waals surface area (Å²) in [6.45, 7) is 2.22. The average molecular weight is 328 g/mol. The quantitative estimate of drug-likeness (QED) is 0.762. The molecule has 2 N–H and O–H groups in total. The average Bonchev–Trinajstić information content (AvgIpc) is 3.02. The highest BCUT2D eigenvalue weighted by molar-refractivity contribution is 5.91. The maximum atomic E-state index is 11.8. The number of hydrogen-bond acceptors (Lipinski definition) is 4. The number of amides is 2. The van der Waals surface area contributed by atoms with E-state index in [4.69, 9.17) is 9.15 Å². The van der Waals surface area contributed by atoms with E-state index in [0.717, 1.165) is 11.3 Å². The van der Waals surface area contributed by atoms with E-state index >= 15 is 0 Å². The molecule has 0 saturated heterocycles. The molecule has 1 heterocycles. The Kier molecular flexibility index (Phi) is 6.19. The molecule has 24 heavy (non-hydrogen) atoms. The Morgan fingerprint density at radius 1 is 1.17 bits per heavy atom. The summed E-state index contributed by atoms with van der Waals surface area (Å²) in [4.78, 5) is 22.9. The van der Waals surface area contributed by atoms with Gasteiger partial charge in [0.05, 0.1) is 0 Å². The van der Waals surface area contributed by atoms with Crippen LogP contribution in [0.2, 0.25) is 0 Å². The van der Waals surface area contributed by atoms with Crippen LogP contribution in [0.25, 0.3) is 6.08 Å².